The Morgan fingerprint density at radius 2 is 1.58 bits per heavy atom. The number of halogens is 2. The highest BCUT2D eigenvalue weighted by molar-refractivity contribution is 6.37. The monoisotopic (exact) mass is 494 g/mol. The Labute approximate surface area is 203 Å². The summed E-state index contributed by atoms with van der Waals surface area (Å²) in [4.78, 5) is 37.1. The van der Waals surface area contributed by atoms with Crippen LogP contribution in [0.25, 0.3) is 0 Å². The maximum absolute atomic E-state index is 12.6. The molecule has 2 amide bonds. The summed E-state index contributed by atoms with van der Waals surface area (Å²) >= 11 is 12.7. The number of likely N-dealkylation sites (N-methyl/N-ethyl adjacent to an activating group) is 1. The van der Waals surface area contributed by atoms with Crippen molar-refractivity contribution in [2.75, 3.05) is 12.4 Å². The highest BCUT2D eigenvalue weighted by Gasteiger charge is 2.29. The van der Waals surface area contributed by atoms with Crippen LogP contribution in [0, 0.1) is 11.8 Å². The van der Waals surface area contributed by atoms with Gasteiger partial charge >= 0.3 is 5.97 Å². The van der Waals surface area contributed by atoms with Gasteiger partial charge in [0.2, 0.25) is 11.8 Å². The highest BCUT2D eigenvalue weighted by atomic mass is 35.5. The minimum absolute atomic E-state index is 0.0586. The molecular formula is C24H28Cl2N2O5. The van der Waals surface area contributed by atoms with Crippen LogP contribution in [0.3, 0.4) is 0 Å². The Kier molecular flexibility index (Phi) is 9.14. The average Bonchev–Trinajstić information content (AvgIpc) is 2.71. The fourth-order valence-electron chi connectivity index (χ4n) is 3.18. The van der Waals surface area contributed by atoms with Crippen molar-refractivity contribution >= 4 is 46.7 Å². The summed E-state index contributed by atoms with van der Waals surface area (Å²) < 4.78 is 5.81. The van der Waals surface area contributed by atoms with Gasteiger partial charge in [0, 0.05) is 18.7 Å². The molecular weight excluding hydrogens is 467 g/mol. The van der Waals surface area contributed by atoms with E-state index in [1.165, 1.54) is 11.9 Å². The number of carboxylic acids is 1. The Bertz CT molecular complexity index is 999. The molecule has 2 aromatic rings. The van der Waals surface area contributed by atoms with Crippen LogP contribution in [0.5, 0.6) is 11.5 Å². The van der Waals surface area contributed by atoms with Crippen molar-refractivity contribution in [2.24, 2.45) is 11.8 Å². The molecule has 2 N–H and O–H groups in total. The topological polar surface area (TPSA) is 95.9 Å². The van der Waals surface area contributed by atoms with Crippen LogP contribution >= 0.6 is 23.2 Å². The second kappa shape index (κ2) is 11.4. The summed E-state index contributed by atoms with van der Waals surface area (Å²) in [6.45, 7) is 7.10. The van der Waals surface area contributed by atoms with E-state index in [4.69, 9.17) is 27.9 Å². The lowest BCUT2D eigenvalue weighted by molar-refractivity contribution is -0.150. The first-order valence-electron chi connectivity index (χ1n) is 10.5. The molecule has 0 bridgehead atoms. The van der Waals surface area contributed by atoms with Gasteiger partial charge in [-0.3, -0.25) is 9.59 Å². The number of carboxylic acid groups (broad SMARTS) is 1. The molecule has 0 aliphatic heterocycles. The third-order valence-electron chi connectivity index (χ3n) is 4.97. The van der Waals surface area contributed by atoms with Crippen LogP contribution in [0.15, 0.2) is 36.4 Å². The van der Waals surface area contributed by atoms with Crippen LogP contribution in [0.2, 0.25) is 10.0 Å². The maximum atomic E-state index is 12.6. The number of nitrogens with zero attached hydrogens (tertiary/aromatic N) is 1. The van der Waals surface area contributed by atoms with Gasteiger partial charge in [0.25, 0.3) is 0 Å². The standard InChI is InChI=1S/C24H28Cl2N2O5/c1-13(2)21(24(31)32)28(5)20(29)12-15-10-18(25)22(19(26)11-15)33-17-8-6-16(7-9-17)27-23(30)14(3)4/h6-11,13-14,21H,12H2,1-5H3,(H,27,30)(H,31,32)/t21-/m0/s1. The number of ether oxygens (including phenoxy) is 1. The van der Waals surface area contributed by atoms with E-state index < -0.39 is 12.0 Å². The second-order valence-corrected chi connectivity index (χ2v) is 9.18. The van der Waals surface area contributed by atoms with Gasteiger partial charge < -0.3 is 20.1 Å². The number of benzene rings is 2. The van der Waals surface area contributed by atoms with E-state index in [0.29, 0.717) is 17.0 Å². The Morgan fingerprint density at radius 1 is 1.03 bits per heavy atom. The molecule has 178 valence electrons. The normalized spacial score (nSPS) is 11.9. The van der Waals surface area contributed by atoms with Gasteiger partial charge in [-0.25, -0.2) is 4.79 Å². The third-order valence-corrected chi connectivity index (χ3v) is 5.54. The van der Waals surface area contributed by atoms with Crippen LogP contribution in [0.4, 0.5) is 5.69 Å². The van der Waals surface area contributed by atoms with Crippen molar-refractivity contribution in [1.82, 2.24) is 4.90 Å². The number of hydrogen-bond acceptors (Lipinski definition) is 4. The number of rotatable bonds is 9. The first kappa shape index (κ1) is 26.5. The summed E-state index contributed by atoms with van der Waals surface area (Å²) in [6, 6.07) is 8.95. The van der Waals surface area contributed by atoms with Gasteiger partial charge in [0.05, 0.1) is 16.5 Å². The van der Waals surface area contributed by atoms with Gasteiger partial charge in [-0.2, -0.15) is 0 Å². The van der Waals surface area contributed by atoms with Gasteiger partial charge in [-0.05, 0) is 47.9 Å². The predicted octanol–water partition coefficient (Wildman–Crippen LogP) is 5.49. The van der Waals surface area contributed by atoms with E-state index >= 15 is 0 Å². The first-order valence-corrected chi connectivity index (χ1v) is 11.2. The summed E-state index contributed by atoms with van der Waals surface area (Å²) in [7, 11) is 1.47. The minimum atomic E-state index is -1.06. The number of carbonyl (C=O) groups excluding carboxylic acids is 2. The summed E-state index contributed by atoms with van der Waals surface area (Å²) in [6.07, 6.45) is -0.0586. The average molecular weight is 495 g/mol. The Hall–Kier alpha value is -2.77. The molecule has 2 aromatic carbocycles. The molecule has 0 aliphatic rings. The zero-order chi connectivity index (χ0) is 24.9. The van der Waals surface area contributed by atoms with E-state index in [2.05, 4.69) is 5.32 Å². The zero-order valence-electron chi connectivity index (χ0n) is 19.2. The smallest absolute Gasteiger partial charge is 0.326 e. The van der Waals surface area contributed by atoms with E-state index in [-0.39, 0.29) is 45.9 Å². The van der Waals surface area contributed by atoms with Gasteiger partial charge in [-0.15, -0.1) is 0 Å². The van der Waals surface area contributed by atoms with Crippen LogP contribution in [-0.2, 0) is 20.8 Å². The number of amides is 2. The molecule has 0 aromatic heterocycles. The summed E-state index contributed by atoms with van der Waals surface area (Å²) in [5.74, 6) is -1.20. The lowest BCUT2D eigenvalue weighted by Crippen LogP contribution is -2.46. The van der Waals surface area contributed by atoms with Crippen LogP contribution in [-0.4, -0.2) is 40.9 Å². The van der Waals surface area contributed by atoms with E-state index in [1.54, 1.807) is 64.1 Å². The van der Waals surface area contributed by atoms with Gasteiger partial charge in [0.1, 0.15) is 11.8 Å². The molecule has 0 saturated carbocycles. The van der Waals surface area contributed by atoms with Crippen molar-refractivity contribution in [3.63, 3.8) is 0 Å². The van der Waals surface area contributed by atoms with Crippen molar-refractivity contribution in [3.8, 4) is 11.5 Å². The molecule has 2 rings (SSSR count). The van der Waals surface area contributed by atoms with Crippen molar-refractivity contribution in [1.29, 1.82) is 0 Å². The quantitative estimate of drug-likeness (QED) is 0.480. The fourth-order valence-corrected chi connectivity index (χ4v) is 3.78. The van der Waals surface area contributed by atoms with Crippen LogP contribution in [0.1, 0.15) is 33.3 Å². The van der Waals surface area contributed by atoms with Crippen molar-refractivity contribution < 1.29 is 24.2 Å². The number of anilines is 1. The number of carbonyl (C=O) groups is 3. The van der Waals surface area contributed by atoms with Gasteiger partial charge in [-0.1, -0.05) is 50.9 Å². The van der Waals surface area contributed by atoms with E-state index in [1.807, 2.05) is 0 Å². The van der Waals surface area contributed by atoms with Crippen molar-refractivity contribution in [2.45, 2.75) is 40.2 Å². The molecule has 0 radical (unpaired) electrons. The van der Waals surface area contributed by atoms with Crippen LogP contribution < -0.4 is 10.1 Å². The fraction of sp³-hybridized carbons (Fsp3) is 0.375. The minimum Gasteiger partial charge on any atom is -0.480 e. The first-order chi connectivity index (χ1) is 15.4. The van der Waals surface area contributed by atoms with E-state index in [0.717, 1.165) is 0 Å². The Balaban J connectivity index is 2.13. The van der Waals surface area contributed by atoms with Gasteiger partial charge in [0.15, 0.2) is 5.75 Å². The zero-order valence-corrected chi connectivity index (χ0v) is 20.7. The molecule has 7 nitrogen and oxygen atoms in total. The largest absolute Gasteiger partial charge is 0.480 e. The molecule has 0 aliphatic carbocycles. The van der Waals surface area contributed by atoms with Crippen molar-refractivity contribution in [3.05, 3.63) is 52.0 Å². The molecule has 1 atom stereocenters. The second-order valence-electron chi connectivity index (χ2n) is 8.37. The molecule has 0 fully saturated rings. The third kappa shape index (κ3) is 7.11. The molecule has 0 unspecified atom stereocenters. The summed E-state index contributed by atoms with van der Waals surface area (Å²) in [5.41, 5.74) is 1.17. The predicted molar refractivity (Wildman–Crippen MR) is 129 cm³/mol. The Morgan fingerprint density at radius 3 is 2.03 bits per heavy atom. The highest BCUT2D eigenvalue weighted by Crippen LogP contribution is 2.38. The lowest BCUT2D eigenvalue weighted by atomic mass is 10.0. The lowest BCUT2D eigenvalue weighted by Gasteiger charge is -2.27. The molecule has 0 spiro atoms. The molecule has 33 heavy (non-hydrogen) atoms. The number of nitrogens with one attached hydrogen (secondary N) is 1. The molecule has 0 saturated heterocycles. The van der Waals surface area contributed by atoms with E-state index in [9.17, 15) is 19.5 Å². The molecule has 9 heteroatoms. The number of hydrogen-bond donors (Lipinski definition) is 2. The number of aliphatic carboxylic acids is 1. The summed E-state index contributed by atoms with van der Waals surface area (Å²) in [5, 5.41) is 12.6. The molecule has 0 heterocycles. The maximum Gasteiger partial charge on any atom is 0.326 e. The SMILES string of the molecule is CC(C)C(=O)Nc1ccc(Oc2c(Cl)cc(CC(=O)N(C)[C@H](C(=O)O)C(C)C)cc2Cl)cc1.